The lowest BCUT2D eigenvalue weighted by Crippen LogP contribution is -2.48. The summed E-state index contributed by atoms with van der Waals surface area (Å²) in [7, 11) is 0. The Morgan fingerprint density at radius 2 is 1.87 bits per heavy atom. The van der Waals surface area contributed by atoms with Crippen LogP contribution in [0.3, 0.4) is 0 Å². The van der Waals surface area contributed by atoms with Crippen LogP contribution in [0.25, 0.3) is 0 Å². The van der Waals surface area contributed by atoms with Crippen LogP contribution in [0.5, 0.6) is 0 Å². The molecule has 1 aliphatic heterocycles. The lowest BCUT2D eigenvalue weighted by molar-refractivity contribution is -0.142. The van der Waals surface area contributed by atoms with Crippen molar-refractivity contribution in [2.75, 3.05) is 26.2 Å². The number of alkyl halides is 3. The van der Waals surface area contributed by atoms with Gasteiger partial charge in [-0.3, -0.25) is 14.4 Å². The number of aryl methyl sites for hydroxylation is 1. The quantitative estimate of drug-likeness (QED) is 0.548. The van der Waals surface area contributed by atoms with Crippen LogP contribution in [0, 0.1) is 6.92 Å². The monoisotopic (exact) mass is 526 g/mol. The number of nitrogens with zero attached hydrogens (tertiary/aromatic N) is 4. The number of hydrogen-bond donors (Lipinski definition) is 0. The highest BCUT2D eigenvalue weighted by molar-refractivity contribution is 9.10. The van der Waals surface area contributed by atoms with Crippen molar-refractivity contribution in [2.24, 2.45) is 0 Å². The predicted molar refractivity (Wildman–Crippen MR) is 113 cm³/mol. The smallest absolute Gasteiger partial charge is 0.340 e. The van der Waals surface area contributed by atoms with Gasteiger partial charge in [0.2, 0.25) is 5.91 Å². The highest BCUT2D eigenvalue weighted by Crippen LogP contribution is 2.35. The van der Waals surface area contributed by atoms with E-state index in [4.69, 9.17) is 23.2 Å². The maximum absolute atomic E-state index is 13.0. The van der Waals surface area contributed by atoms with Gasteiger partial charge in [-0.2, -0.15) is 18.3 Å². The fraction of sp³-hybridized carbons (Fsp3) is 0.474. The van der Waals surface area contributed by atoms with Gasteiger partial charge in [0.15, 0.2) is 5.69 Å². The fourth-order valence-electron chi connectivity index (χ4n) is 3.33. The third-order valence-corrected chi connectivity index (χ3v) is 6.61. The summed E-state index contributed by atoms with van der Waals surface area (Å²) in [5.41, 5.74) is 0.350. The van der Waals surface area contributed by atoms with Crippen LogP contribution in [0.2, 0.25) is 10.0 Å². The lowest BCUT2D eigenvalue weighted by atomic mass is 10.2. The zero-order chi connectivity index (χ0) is 22.1. The largest absolute Gasteiger partial charge is 0.436 e. The van der Waals surface area contributed by atoms with E-state index in [0.717, 1.165) is 5.56 Å². The van der Waals surface area contributed by atoms with Gasteiger partial charge in [0.05, 0.1) is 16.7 Å². The molecular formula is C19H20BrCl2F3N4O. The minimum atomic E-state index is -4.54. The third-order valence-electron chi connectivity index (χ3n) is 5.07. The van der Waals surface area contributed by atoms with E-state index < -0.39 is 11.9 Å². The second kappa shape index (κ2) is 9.46. The van der Waals surface area contributed by atoms with Gasteiger partial charge in [-0.05, 0) is 40.5 Å². The van der Waals surface area contributed by atoms with Gasteiger partial charge in [-0.25, -0.2) is 0 Å². The molecule has 0 spiro atoms. The Labute approximate surface area is 190 Å². The van der Waals surface area contributed by atoms with Gasteiger partial charge >= 0.3 is 6.18 Å². The first-order valence-electron chi connectivity index (χ1n) is 9.30. The summed E-state index contributed by atoms with van der Waals surface area (Å²) in [6.45, 7) is 4.79. The molecule has 5 nitrogen and oxygen atoms in total. The van der Waals surface area contributed by atoms with Gasteiger partial charge < -0.3 is 4.90 Å². The van der Waals surface area contributed by atoms with Crippen LogP contribution in [-0.2, 0) is 24.1 Å². The van der Waals surface area contributed by atoms with Crippen molar-refractivity contribution in [3.63, 3.8) is 0 Å². The second-order valence-electron chi connectivity index (χ2n) is 7.11. The minimum Gasteiger partial charge on any atom is -0.340 e. The van der Waals surface area contributed by atoms with Crippen LogP contribution >= 0.6 is 39.1 Å². The first-order chi connectivity index (χ1) is 14.1. The number of carbonyl (C=O) groups excluding carboxylic acids is 1. The molecule has 0 N–H and O–H groups in total. The SMILES string of the molecule is Cc1c(Br)c(C(F)(F)F)nn1CCC(=O)N1CCN(Cc2ccc(Cl)cc2Cl)CC1. The molecule has 1 fully saturated rings. The standard InChI is InChI=1S/C19H20BrCl2F3N4O/c1-12-17(20)18(19(23,24)25)26-29(12)5-4-16(30)28-8-6-27(7-9-28)11-13-2-3-14(21)10-15(13)22/h2-3,10H,4-9,11H2,1H3. The number of benzene rings is 1. The number of halogens is 6. The van der Waals surface area contributed by atoms with E-state index >= 15 is 0 Å². The number of rotatable bonds is 5. The van der Waals surface area contributed by atoms with Crippen LogP contribution in [0.4, 0.5) is 13.2 Å². The van der Waals surface area contributed by atoms with E-state index in [1.165, 1.54) is 11.6 Å². The summed E-state index contributed by atoms with van der Waals surface area (Å²) in [6.07, 6.45) is -4.45. The molecule has 0 saturated carbocycles. The number of carbonyl (C=O) groups is 1. The highest BCUT2D eigenvalue weighted by atomic mass is 79.9. The van der Waals surface area contributed by atoms with Gasteiger partial charge in [0.1, 0.15) is 0 Å². The van der Waals surface area contributed by atoms with Gasteiger partial charge in [-0.15, -0.1) is 0 Å². The molecule has 0 unspecified atom stereocenters. The third kappa shape index (κ3) is 5.49. The van der Waals surface area contributed by atoms with Crippen molar-refractivity contribution in [1.82, 2.24) is 19.6 Å². The van der Waals surface area contributed by atoms with Crippen molar-refractivity contribution in [2.45, 2.75) is 32.6 Å². The Morgan fingerprint density at radius 1 is 1.20 bits per heavy atom. The van der Waals surface area contributed by atoms with Gasteiger partial charge in [0, 0.05) is 49.2 Å². The average Bonchev–Trinajstić information content (AvgIpc) is 2.97. The summed E-state index contributed by atoms with van der Waals surface area (Å²) in [5.74, 6) is -0.0984. The lowest BCUT2D eigenvalue weighted by Gasteiger charge is -2.35. The minimum absolute atomic E-state index is 0.0862. The molecular weight excluding hydrogens is 508 g/mol. The summed E-state index contributed by atoms with van der Waals surface area (Å²) in [6, 6.07) is 5.39. The molecule has 11 heteroatoms. The van der Waals surface area contributed by atoms with Crippen molar-refractivity contribution >= 4 is 45.0 Å². The van der Waals surface area contributed by atoms with Crippen molar-refractivity contribution < 1.29 is 18.0 Å². The van der Waals surface area contributed by atoms with Crippen LogP contribution in [0.15, 0.2) is 22.7 Å². The van der Waals surface area contributed by atoms with E-state index in [2.05, 4.69) is 25.9 Å². The van der Waals surface area contributed by atoms with Gasteiger partial charge in [0.25, 0.3) is 0 Å². The molecule has 164 valence electrons. The van der Waals surface area contributed by atoms with E-state index in [0.29, 0.717) is 48.5 Å². The topological polar surface area (TPSA) is 41.4 Å². The average molecular weight is 528 g/mol. The van der Waals surface area contributed by atoms with E-state index in [9.17, 15) is 18.0 Å². The van der Waals surface area contributed by atoms with Crippen LogP contribution < -0.4 is 0 Å². The summed E-state index contributed by atoms with van der Waals surface area (Å²) < 4.78 is 40.0. The molecule has 1 saturated heterocycles. The molecule has 3 rings (SSSR count). The van der Waals surface area contributed by atoms with Gasteiger partial charge in [-0.1, -0.05) is 29.3 Å². The molecule has 0 radical (unpaired) electrons. The normalized spacial score (nSPS) is 15.6. The second-order valence-corrected chi connectivity index (χ2v) is 8.75. The molecule has 1 aromatic carbocycles. The van der Waals surface area contributed by atoms with Crippen LogP contribution in [0.1, 0.15) is 23.4 Å². The Balaban J connectivity index is 1.51. The summed E-state index contributed by atoms with van der Waals surface area (Å²) in [5, 5.41) is 4.81. The number of hydrogen-bond acceptors (Lipinski definition) is 3. The van der Waals surface area contributed by atoms with Crippen LogP contribution in [-0.4, -0.2) is 51.7 Å². The first kappa shape index (κ1) is 23.4. The van der Waals surface area contributed by atoms with E-state index in [-0.39, 0.29) is 23.3 Å². The Bertz CT molecular complexity index is 927. The molecule has 1 amide bonds. The fourth-order valence-corrected chi connectivity index (χ4v) is 4.31. The summed E-state index contributed by atoms with van der Waals surface area (Å²) in [4.78, 5) is 16.5. The molecule has 0 bridgehead atoms. The zero-order valence-corrected chi connectivity index (χ0v) is 19.2. The molecule has 2 aromatic rings. The predicted octanol–water partition coefficient (Wildman–Crippen LogP) is 5.01. The van der Waals surface area contributed by atoms with Crippen molar-refractivity contribution in [3.05, 3.63) is 49.7 Å². The van der Waals surface area contributed by atoms with Crippen molar-refractivity contribution in [1.29, 1.82) is 0 Å². The summed E-state index contributed by atoms with van der Waals surface area (Å²) >= 11 is 15.1. The number of aromatic nitrogens is 2. The Hall–Kier alpha value is -1.29. The maximum atomic E-state index is 13.0. The first-order valence-corrected chi connectivity index (χ1v) is 10.9. The van der Waals surface area contributed by atoms with Crippen molar-refractivity contribution in [3.8, 4) is 0 Å². The number of piperazine rings is 1. The maximum Gasteiger partial charge on any atom is 0.436 e. The molecule has 2 heterocycles. The van der Waals surface area contributed by atoms with E-state index in [1.54, 1.807) is 17.0 Å². The molecule has 30 heavy (non-hydrogen) atoms. The molecule has 0 aliphatic carbocycles. The number of amides is 1. The highest BCUT2D eigenvalue weighted by Gasteiger charge is 2.38. The van der Waals surface area contributed by atoms with E-state index in [1.807, 2.05) is 6.07 Å². The Morgan fingerprint density at radius 3 is 2.43 bits per heavy atom. The zero-order valence-electron chi connectivity index (χ0n) is 16.1. The molecule has 1 aromatic heterocycles. The Kier molecular flexibility index (Phi) is 7.37. The molecule has 1 aliphatic rings. The molecule has 0 atom stereocenters.